The molecule has 5 nitrogen and oxygen atoms in total. The van der Waals surface area contributed by atoms with E-state index in [2.05, 4.69) is 9.88 Å². The van der Waals surface area contributed by atoms with Gasteiger partial charge in [0, 0.05) is 41.4 Å². The van der Waals surface area contributed by atoms with Crippen molar-refractivity contribution in [3.8, 4) is 5.75 Å². The first-order chi connectivity index (χ1) is 17.3. The molecule has 0 saturated carbocycles. The maximum absolute atomic E-state index is 15.4. The number of hydrogen-bond donors (Lipinski definition) is 1. The third-order valence-corrected chi connectivity index (χ3v) is 7.74. The standard InChI is InChI=1S/C27H29F3N2O3S/c1-35-20-3-5-26-23(15-20)22(6-8-31-26)25(30)4-2-17-7-9-32(16-24(17)27(33)34)10-11-36-21-13-18(28)12-19(29)14-21/h3,5-6,8,12-15,17,24-25H,2,4,7,9-11,16H2,1H3,(H,33,34)/t17-,24+,25+/m1/s1. The zero-order chi connectivity index (χ0) is 25.7. The third-order valence-electron chi connectivity index (χ3n) is 6.78. The zero-order valence-corrected chi connectivity index (χ0v) is 20.8. The van der Waals surface area contributed by atoms with Gasteiger partial charge in [-0.25, -0.2) is 13.2 Å². The predicted octanol–water partition coefficient (Wildman–Crippen LogP) is 6.13. The Morgan fingerprint density at radius 2 is 2.00 bits per heavy atom. The lowest BCUT2D eigenvalue weighted by atomic mass is 9.81. The van der Waals surface area contributed by atoms with E-state index >= 15 is 4.39 Å². The van der Waals surface area contributed by atoms with Crippen LogP contribution in [0.4, 0.5) is 13.2 Å². The topological polar surface area (TPSA) is 62.7 Å². The monoisotopic (exact) mass is 518 g/mol. The largest absolute Gasteiger partial charge is 0.497 e. The van der Waals surface area contributed by atoms with E-state index in [1.807, 2.05) is 0 Å². The minimum absolute atomic E-state index is 0.121. The summed E-state index contributed by atoms with van der Waals surface area (Å²) in [5.41, 5.74) is 1.22. The Labute approximate surface area is 212 Å². The first-order valence-electron chi connectivity index (χ1n) is 11.9. The molecule has 9 heteroatoms. The van der Waals surface area contributed by atoms with Crippen LogP contribution in [0.5, 0.6) is 5.75 Å². The highest BCUT2D eigenvalue weighted by Crippen LogP contribution is 2.35. The number of halogens is 3. The van der Waals surface area contributed by atoms with Gasteiger partial charge in [-0.15, -0.1) is 11.8 Å². The van der Waals surface area contributed by atoms with Crippen molar-refractivity contribution in [2.45, 2.75) is 30.3 Å². The van der Waals surface area contributed by atoms with Crippen molar-refractivity contribution < 1.29 is 27.8 Å². The SMILES string of the molecule is COc1ccc2nccc([C@@H](F)CC[C@@H]3CCN(CCSc4cc(F)cc(F)c4)C[C@@H]3C(=O)O)c2c1. The van der Waals surface area contributed by atoms with E-state index in [0.717, 1.165) is 6.07 Å². The van der Waals surface area contributed by atoms with Crippen molar-refractivity contribution in [2.24, 2.45) is 11.8 Å². The fourth-order valence-electron chi connectivity index (χ4n) is 4.86. The lowest BCUT2D eigenvalue weighted by Gasteiger charge is -2.36. The predicted molar refractivity (Wildman–Crippen MR) is 134 cm³/mol. The molecule has 2 aromatic carbocycles. The highest BCUT2D eigenvalue weighted by Gasteiger charge is 2.34. The summed E-state index contributed by atoms with van der Waals surface area (Å²) in [4.78, 5) is 18.9. The summed E-state index contributed by atoms with van der Waals surface area (Å²) in [7, 11) is 1.56. The number of thioether (sulfide) groups is 1. The van der Waals surface area contributed by atoms with Crippen LogP contribution in [0.15, 0.2) is 53.6 Å². The fourth-order valence-corrected chi connectivity index (χ4v) is 5.84. The second-order valence-electron chi connectivity index (χ2n) is 9.08. The van der Waals surface area contributed by atoms with E-state index in [1.165, 1.54) is 23.9 Å². The first kappa shape index (κ1) is 26.3. The summed E-state index contributed by atoms with van der Waals surface area (Å²) in [5.74, 6) is -1.60. The van der Waals surface area contributed by atoms with Crippen LogP contribution in [0.3, 0.4) is 0 Å². The molecule has 0 unspecified atom stereocenters. The fraction of sp³-hybridized carbons (Fsp3) is 0.407. The van der Waals surface area contributed by atoms with Gasteiger partial charge in [-0.2, -0.15) is 0 Å². The van der Waals surface area contributed by atoms with Crippen molar-refractivity contribution in [3.63, 3.8) is 0 Å². The van der Waals surface area contributed by atoms with E-state index in [1.54, 1.807) is 37.6 Å². The van der Waals surface area contributed by atoms with Gasteiger partial charge in [0.2, 0.25) is 0 Å². The highest BCUT2D eigenvalue weighted by molar-refractivity contribution is 7.99. The molecule has 3 aromatic rings. The third kappa shape index (κ3) is 6.50. The number of methoxy groups -OCH3 is 1. The summed E-state index contributed by atoms with van der Waals surface area (Å²) in [6.45, 7) is 1.69. The van der Waals surface area contributed by atoms with Crippen molar-refractivity contribution in [1.29, 1.82) is 0 Å². The molecule has 1 saturated heterocycles. The number of piperidine rings is 1. The molecule has 3 atom stereocenters. The Morgan fingerprint density at radius 1 is 1.22 bits per heavy atom. The maximum atomic E-state index is 15.4. The average molecular weight is 519 g/mol. The number of alkyl halides is 1. The first-order valence-corrected chi connectivity index (χ1v) is 12.9. The van der Waals surface area contributed by atoms with Crippen LogP contribution in [0.2, 0.25) is 0 Å². The van der Waals surface area contributed by atoms with E-state index < -0.39 is 29.7 Å². The summed E-state index contributed by atoms with van der Waals surface area (Å²) in [5, 5.41) is 10.5. The molecule has 2 heterocycles. The van der Waals surface area contributed by atoms with Crippen molar-refractivity contribution in [3.05, 3.63) is 65.9 Å². The minimum Gasteiger partial charge on any atom is -0.497 e. The number of hydrogen-bond acceptors (Lipinski definition) is 5. The summed E-state index contributed by atoms with van der Waals surface area (Å²) in [6, 6.07) is 10.4. The molecule has 1 aliphatic heterocycles. The van der Waals surface area contributed by atoms with Gasteiger partial charge in [0.05, 0.1) is 18.5 Å². The molecular formula is C27H29F3N2O3S. The van der Waals surface area contributed by atoms with Crippen LogP contribution in [0, 0.1) is 23.5 Å². The van der Waals surface area contributed by atoms with Gasteiger partial charge < -0.3 is 14.7 Å². The smallest absolute Gasteiger partial charge is 0.308 e. The molecule has 0 amide bonds. The van der Waals surface area contributed by atoms with Gasteiger partial charge in [0.1, 0.15) is 23.6 Å². The molecule has 0 bridgehead atoms. The van der Waals surface area contributed by atoms with Gasteiger partial charge in [-0.1, -0.05) is 0 Å². The number of likely N-dealkylation sites (tertiary alicyclic amines) is 1. The minimum atomic E-state index is -1.24. The van der Waals surface area contributed by atoms with Crippen LogP contribution < -0.4 is 4.74 Å². The van der Waals surface area contributed by atoms with Crippen LogP contribution in [-0.2, 0) is 4.79 Å². The maximum Gasteiger partial charge on any atom is 0.308 e. The molecule has 4 rings (SSSR count). The van der Waals surface area contributed by atoms with Crippen molar-refractivity contribution >= 4 is 28.6 Å². The number of carbonyl (C=O) groups is 1. The number of fused-ring (bicyclic) bond motifs is 1. The van der Waals surface area contributed by atoms with Crippen molar-refractivity contribution in [1.82, 2.24) is 9.88 Å². The Hall–Kier alpha value is -2.78. The summed E-state index contributed by atoms with van der Waals surface area (Å²) >= 11 is 1.34. The van der Waals surface area contributed by atoms with E-state index in [0.29, 0.717) is 65.3 Å². The van der Waals surface area contributed by atoms with E-state index in [4.69, 9.17) is 4.74 Å². The quantitative estimate of drug-likeness (QED) is 0.326. The average Bonchev–Trinajstić information content (AvgIpc) is 2.86. The molecule has 1 aromatic heterocycles. The molecule has 192 valence electrons. The van der Waals surface area contributed by atoms with Gasteiger partial charge in [0.25, 0.3) is 0 Å². The molecule has 1 aliphatic rings. The number of ether oxygens (including phenoxy) is 1. The summed E-state index contributed by atoms with van der Waals surface area (Å²) < 4.78 is 47.4. The molecule has 36 heavy (non-hydrogen) atoms. The van der Waals surface area contributed by atoms with Gasteiger partial charge in [0.15, 0.2) is 0 Å². The number of carboxylic acids is 1. The molecule has 1 fully saturated rings. The number of aliphatic carboxylic acids is 1. The molecule has 0 aliphatic carbocycles. The number of rotatable bonds is 10. The van der Waals surface area contributed by atoms with E-state index in [-0.39, 0.29) is 12.3 Å². The normalized spacial score (nSPS) is 19.3. The second-order valence-corrected chi connectivity index (χ2v) is 10.2. The van der Waals surface area contributed by atoms with Gasteiger partial charge in [-0.3, -0.25) is 9.78 Å². The zero-order valence-electron chi connectivity index (χ0n) is 20.0. The van der Waals surface area contributed by atoms with Crippen LogP contribution in [-0.4, -0.2) is 53.5 Å². The van der Waals surface area contributed by atoms with Gasteiger partial charge in [-0.05, 0) is 73.7 Å². The van der Waals surface area contributed by atoms with Crippen molar-refractivity contribution in [2.75, 3.05) is 32.5 Å². The molecular weight excluding hydrogens is 489 g/mol. The Bertz CT molecular complexity index is 1190. The number of nitrogens with zero attached hydrogens (tertiary/aromatic N) is 2. The molecule has 0 spiro atoms. The number of carboxylic acid groups (broad SMARTS) is 1. The number of benzene rings is 2. The number of pyridine rings is 1. The van der Waals surface area contributed by atoms with Crippen LogP contribution >= 0.6 is 11.8 Å². The van der Waals surface area contributed by atoms with Gasteiger partial charge >= 0.3 is 5.97 Å². The summed E-state index contributed by atoms with van der Waals surface area (Å²) in [6.07, 6.45) is 1.71. The Kier molecular flexibility index (Phi) is 8.74. The lowest BCUT2D eigenvalue weighted by molar-refractivity contribution is -0.146. The molecule has 1 N–H and O–H groups in total. The lowest BCUT2D eigenvalue weighted by Crippen LogP contribution is -2.44. The Morgan fingerprint density at radius 3 is 2.72 bits per heavy atom. The highest BCUT2D eigenvalue weighted by atomic mass is 32.2. The van der Waals surface area contributed by atoms with E-state index in [9.17, 15) is 18.7 Å². The second kappa shape index (κ2) is 12.0. The van der Waals surface area contributed by atoms with Crippen LogP contribution in [0.1, 0.15) is 31.0 Å². The Balaban J connectivity index is 1.33. The number of aromatic nitrogens is 1. The van der Waals surface area contributed by atoms with Crippen LogP contribution in [0.25, 0.3) is 10.9 Å². The molecule has 0 radical (unpaired) electrons.